The third kappa shape index (κ3) is 4.13. The summed E-state index contributed by atoms with van der Waals surface area (Å²) in [5.41, 5.74) is 8.71. The van der Waals surface area contributed by atoms with Gasteiger partial charge in [-0.05, 0) is 85.8 Å². The van der Waals surface area contributed by atoms with Crippen molar-refractivity contribution >= 4 is 44.5 Å². The van der Waals surface area contributed by atoms with Crippen LogP contribution in [0.15, 0.2) is 121 Å². The molecule has 0 saturated carbocycles. The summed E-state index contributed by atoms with van der Waals surface area (Å²) in [5, 5.41) is 2.53. The molecule has 5 aromatic carbocycles. The molecule has 0 bridgehead atoms. The summed E-state index contributed by atoms with van der Waals surface area (Å²) in [6, 6.07) is 43.7. The van der Waals surface area contributed by atoms with E-state index in [1.54, 1.807) is 0 Å². The standard InChI is InChI=1S/C31H23I/c1-22-16-18-25(19-17-22)31(28-20-26-14-8-9-15-27(26)21-29(28)32)30(23-10-4-2-5-11-23)24-12-6-3-7-13-24/h2-21H,1H3. The highest BCUT2D eigenvalue weighted by atomic mass is 127. The van der Waals surface area contributed by atoms with Crippen LogP contribution in [0.4, 0.5) is 0 Å². The van der Waals surface area contributed by atoms with Gasteiger partial charge in [0.1, 0.15) is 0 Å². The Hall–Kier alpha value is -3.17. The Morgan fingerprint density at radius 1 is 0.500 bits per heavy atom. The first kappa shape index (κ1) is 20.7. The normalized spacial score (nSPS) is 10.8. The first-order chi connectivity index (χ1) is 15.7. The van der Waals surface area contributed by atoms with Crippen LogP contribution in [0.3, 0.4) is 0 Å². The van der Waals surface area contributed by atoms with Crippen LogP contribution in [-0.4, -0.2) is 0 Å². The highest BCUT2D eigenvalue weighted by molar-refractivity contribution is 14.1. The van der Waals surface area contributed by atoms with Gasteiger partial charge in [-0.1, -0.05) is 115 Å². The van der Waals surface area contributed by atoms with E-state index >= 15 is 0 Å². The van der Waals surface area contributed by atoms with Crippen molar-refractivity contribution in [3.63, 3.8) is 0 Å². The van der Waals surface area contributed by atoms with E-state index < -0.39 is 0 Å². The summed E-state index contributed by atoms with van der Waals surface area (Å²) in [4.78, 5) is 0. The Kier molecular flexibility index (Phi) is 5.91. The van der Waals surface area contributed by atoms with Crippen LogP contribution in [0.5, 0.6) is 0 Å². The second kappa shape index (κ2) is 9.13. The average Bonchev–Trinajstić information content (AvgIpc) is 2.84. The van der Waals surface area contributed by atoms with Gasteiger partial charge in [0.15, 0.2) is 0 Å². The van der Waals surface area contributed by atoms with Crippen molar-refractivity contribution in [2.75, 3.05) is 0 Å². The second-order valence-corrected chi connectivity index (χ2v) is 9.19. The van der Waals surface area contributed by atoms with Crippen LogP contribution in [0.1, 0.15) is 27.8 Å². The predicted octanol–water partition coefficient (Wildman–Crippen LogP) is 8.76. The molecular formula is C31H23I. The predicted molar refractivity (Wildman–Crippen MR) is 146 cm³/mol. The van der Waals surface area contributed by atoms with Gasteiger partial charge < -0.3 is 0 Å². The molecule has 0 aliphatic heterocycles. The first-order valence-electron chi connectivity index (χ1n) is 10.8. The summed E-state index contributed by atoms with van der Waals surface area (Å²) in [6.07, 6.45) is 0. The lowest BCUT2D eigenvalue weighted by atomic mass is 9.85. The van der Waals surface area contributed by atoms with Gasteiger partial charge >= 0.3 is 0 Å². The smallest absolute Gasteiger partial charge is 0.0215 e. The molecule has 0 nitrogen and oxygen atoms in total. The molecule has 5 rings (SSSR count). The van der Waals surface area contributed by atoms with Crippen LogP contribution in [-0.2, 0) is 0 Å². The molecule has 0 atom stereocenters. The van der Waals surface area contributed by atoms with Crippen LogP contribution >= 0.6 is 22.6 Å². The van der Waals surface area contributed by atoms with Gasteiger partial charge in [-0.25, -0.2) is 0 Å². The lowest BCUT2D eigenvalue weighted by Crippen LogP contribution is -1.99. The number of benzene rings is 5. The molecule has 1 heteroatoms. The summed E-state index contributed by atoms with van der Waals surface area (Å²) in [7, 11) is 0. The number of hydrogen-bond donors (Lipinski definition) is 0. The maximum atomic E-state index is 2.50. The van der Waals surface area contributed by atoms with E-state index in [4.69, 9.17) is 0 Å². The van der Waals surface area contributed by atoms with Crippen molar-refractivity contribution in [2.45, 2.75) is 6.92 Å². The van der Waals surface area contributed by atoms with Gasteiger partial charge in [0.2, 0.25) is 0 Å². The Morgan fingerprint density at radius 3 is 1.53 bits per heavy atom. The van der Waals surface area contributed by atoms with E-state index in [1.165, 1.54) is 53.3 Å². The minimum Gasteiger partial charge on any atom is -0.0622 e. The Morgan fingerprint density at radius 2 is 0.969 bits per heavy atom. The van der Waals surface area contributed by atoms with Crippen LogP contribution < -0.4 is 0 Å². The minimum atomic E-state index is 1.22. The molecule has 0 spiro atoms. The van der Waals surface area contributed by atoms with E-state index in [0.717, 1.165) is 0 Å². The van der Waals surface area contributed by atoms with Crippen LogP contribution in [0.2, 0.25) is 0 Å². The molecule has 0 aliphatic rings. The van der Waals surface area contributed by atoms with Gasteiger partial charge in [0, 0.05) is 3.57 Å². The van der Waals surface area contributed by atoms with Gasteiger partial charge in [0.05, 0.1) is 0 Å². The summed E-state index contributed by atoms with van der Waals surface area (Å²) in [6.45, 7) is 2.14. The first-order valence-corrected chi connectivity index (χ1v) is 11.9. The van der Waals surface area contributed by atoms with Gasteiger partial charge in [-0.15, -0.1) is 0 Å². The SMILES string of the molecule is Cc1ccc(C(=C(c2ccccc2)c2ccccc2)c2cc3ccccc3cc2I)cc1. The third-order valence-corrected chi connectivity index (χ3v) is 6.71. The minimum absolute atomic E-state index is 1.22. The fourth-order valence-corrected chi connectivity index (χ4v) is 4.98. The summed E-state index contributed by atoms with van der Waals surface area (Å²) >= 11 is 2.50. The molecule has 0 aliphatic carbocycles. The van der Waals surface area contributed by atoms with Crippen molar-refractivity contribution < 1.29 is 0 Å². The maximum Gasteiger partial charge on any atom is 0.0215 e. The quantitative estimate of drug-likeness (QED) is 0.164. The average molecular weight is 522 g/mol. The van der Waals surface area contributed by atoms with E-state index in [0.29, 0.717) is 0 Å². The van der Waals surface area contributed by atoms with Crippen molar-refractivity contribution in [3.05, 3.63) is 153 Å². The molecule has 0 unspecified atom stereocenters. The van der Waals surface area contributed by atoms with Crippen molar-refractivity contribution in [2.24, 2.45) is 0 Å². The van der Waals surface area contributed by atoms with Gasteiger partial charge in [-0.3, -0.25) is 0 Å². The molecule has 0 radical (unpaired) electrons. The van der Waals surface area contributed by atoms with E-state index in [-0.39, 0.29) is 0 Å². The maximum absolute atomic E-state index is 2.50. The van der Waals surface area contributed by atoms with Crippen molar-refractivity contribution in [1.29, 1.82) is 0 Å². The molecule has 5 aromatic rings. The van der Waals surface area contributed by atoms with Crippen LogP contribution in [0, 0.1) is 10.5 Å². The number of fused-ring (bicyclic) bond motifs is 1. The van der Waals surface area contributed by atoms with E-state index in [1.807, 2.05) is 0 Å². The Labute approximate surface area is 203 Å². The molecule has 0 saturated heterocycles. The molecule has 0 aromatic heterocycles. The zero-order valence-corrected chi connectivity index (χ0v) is 20.1. The molecule has 0 fully saturated rings. The van der Waals surface area contributed by atoms with E-state index in [2.05, 4.69) is 151 Å². The number of rotatable bonds is 4. The fourth-order valence-electron chi connectivity index (χ4n) is 4.22. The van der Waals surface area contributed by atoms with Gasteiger partial charge in [-0.2, -0.15) is 0 Å². The third-order valence-electron chi connectivity index (χ3n) is 5.82. The van der Waals surface area contributed by atoms with Crippen molar-refractivity contribution in [1.82, 2.24) is 0 Å². The van der Waals surface area contributed by atoms with Gasteiger partial charge in [0.25, 0.3) is 0 Å². The zero-order chi connectivity index (χ0) is 21.9. The van der Waals surface area contributed by atoms with Crippen molar-refractivity contribution in [3.8, 4) is 0 Å². The van der Waals surface area contributed by atoms with E-state index in [9.17, 15) is 0 Å². The highest BCUT2D eigenvalue weighted by Gasteiger charge is 2.18. The largest absolute Gasteiger partial charge is 0.0622 e. The number of hydrogen-bond acceptors (Lipinski definition) is 0. The fraction of sp³-hybridized carbons (Fsp3) is 0.0323. The molecule has 0 amide bonds. The lowest BCUT2D eigenvalue weighted by Gasteiger charge is -2.20. The Balaban J connectivity index is 1.92. The zero-order valence-electron chi connectivity index (χ0n) is 17.9. The topological polar surface area (TPSA) is 0 Å². The number of aryl methyl sites for hydroxylation is 1. The van der Waals surface area contributed by atoms with Crippen LogP contribution in [0.25, 0.3) is 21.9 Å². The molecule has 154 valence electrons. The number of halogens is 1. The molecule has 0 heterocycles. The summed E-state index contributed by atoms with van der Waals surface area (Å²) in [5.74, 6) is 0. The second-order valence-electron chi connectivity index (χ2n) is 8.03. The summed E-state index contributed by atoms with van der Waals surface area (Å²) < 4.78 is 1.25. The molecule has 0 N–H and O–H groups in total. The highest BCUT2D eigenvalue weighted by Crippen LogP contribution is 2.39. The lowest BCUT2D eigenvalue weighted by molar-refractivity contribution is 1.44. The monoisotopic (exact) mass is 522 g/mol. The molecule has 32 heavy (non-hydrogen) atoms. The Bertz CT molecular complexity index is 1350. The molecular weight excluding hydrogens is 499 g/mol.